The number of aromatic nitrogens is 6. The summed E-state index contributed by atoms with van der Waals surface area (Å²) in [5.41, 5.74) is -0.596. The van der Waals surface area contributed by atoms with Crippen LogP contribution >= 0.6 is 0 Å². The molecule has 13 heteroatoms. The summed E-state index contributed by atoms with van der Waals surface area (Å²) in [7, 11) is 0. The fourth-order valence-corrected chi connectivity index (χ4v) is 4.03. The second kappa shape index (κ2) is 10.1. The Morgan fingerprint density at radius 3 is 1.39 bits per heavy atom. The topological polar surface area (TPSA) is 64.7 Å². The molecule has 0 amide bonds. The molecule has 0 atom stereocenters. The highest BCUT2D eigenvalue weighted by molar-refractivity contribution is 5.73. The smallest absolute Gasteiger partial charge is 0.279 e. The molecule has 0 aliphatic heterocycles. The summed E-state index contributed by atoms with van der Waals surface area (Å²) in [6.07, 6.45) is -6.92. The van der Waals surface area contributed by atoms with Crippen LogP contribution in [0, 0.1) is 0 Å². The maximum atomic E-state index is 13.1. The van der Waals surface area contributed by atoms with Crippen LogP contribution in [0.1, 0.15) is 37.7 Å². The molecule has 41 heavy (non-hydrogen) atoms. The van der Waals surface area contributed by atoms with Crippen LogP contribution in [0.3, 0.4) is 0 Å². The van der Waals surface area contributed by atoms with Gasteiger partial charge in [0.1, 0.15) is 11.6 Å². The number of halogens is 6. The molecular weight excluding hydrogens is 548 g/mol. The molecule has 4 heterocycles. The van der Waals surface area contributed by atoms with Crippen molar-refractivity contribution < 1.29 is 26.3 Å². The number of pyridine rings is 2. The number of hydrogen-bond donors (Lipinski definition) is 0. The quantitative estimate of drug-likeness (QED) is 0.203. The third-order valence-corrected chi connectivity index (χ3v) is 6.12. The Hall–Kier alpha value is -4.68. The lowest BCUT2D eigenvalue weighted by Crippen LogP contribution is -2.16. The molecule has 4 aromatic heterocycles. The van der Waals surface area contributed by atoms with Crippen molar-refractivity contribution in [3.63, 3.8) is 0 Å². The molecule has 5 rings (SSSR count). The fraction of sp³-hybridized carbons (Fsp3) is 0.214. The Morgan fingerprint density at radius 2 is 1.02 bits per heavy atom. The molecule has 212 valence electrons. The molecule has 5 aromatic rings. The third kappa shape index (κ3) is 5.93. The lowest BCUT2D eigenvalue weighted by atomic mass is 9.87. The van der Waals surface area contributed by atoms with Gasteiger partial charge in [0.2, 0.25) is 0 Å². The summed E-state index contributed by atoms with van der Waals surface area (Å²) >= 11 is 0. The Balaban J connectivity index is 1.61. The first-order valence-electron chi connectivity index (χ1n) is 12.3. The highest BCUT2D eigenvalue weighted by Crippen LogP contribution is 2.35. The van der Waals surface area contributed by atoms with Gasteiger partial charge in [-0.25, -0.2) is 19.3 Å². The Bertz CT molecular complexity index is 1570. The molecule has 0 radical (unpaired) electrons. The average Bonchev–Trinajstić information content (AvgIpc) is 3.60. The van der Waals surface area contributed by atoms with E-state index in [1.54, 1.807) is 29.2 Å². The zero-order valence-electron chi connectivity index (χ0n) is 22.0. The van der Waals surface area contributed by atoms with E-state index in [2.05, 4.69) is 40.9 Å². The van der Waals surface area contributed by atoms with E-state index < -0.39 is 23.7 Å². The van der Waals surface area contributed by atoms with Crippen LogP contribution in [0.4, 0.5) is 43.7 Å². The number of nitrogens with zero attached hydrogens (tertiary/aromatic N) is 7. The van der Waals surface area contributed by atoms with Crippen molar-refractivity contribution in [3.8, 4) is 11.6 Å². The molecule has 0 fully saturated rings. The first-order chi connectivity index (χ1) is 19.2. The molecule has 0 saturated carbocycles. The summed E-state index contributed by atoms with van der Waals surface area (Å²) < 4.78 is 80.9. The normalized spacial score (nSPS) is 12.5. The van der Waals surface area contributed by atoms with Gasteiger partial charge in [0.15, 0.2) is 23.0 Å². The van der Waals surface area contributed by atoms with E-state index in [1.807, 2.05) is 24.3 Å². The van der Waals surface area contributed by atoms with Gasteiger partial charge in [0.05, 0.1) is 0 Å². The first-order valence-corrected chi connectivity index (χ1v) is 12.3. The Labute approximate surface area is 230 Å². The third-order valence-electron chi connectivity index (χ3n) is 6.12. The second-order valence-electron chi connectivity index (χ2n) is 10.1. The molecule has 1 aromatic carbocycles. The van der Waals surface area contributed by atoms with Crippen LogP contribution in [0.25, 0.3) is 11.6 Å². The van der Waals surface area contributed by atoms with E-state index in [9.17, 15) is 26.3 Å². The van der Waals surface area contributed by atoms with Crippen molar-refractivity contribution in [3.05, 3.63) is 102 Å². The second-order valence-corrected chi connectivity index (χ2v) is 10.1. The number of alkyl halides is 6. The predicted octanol–water partition coefficient (Wildman–Crippen LogP) is 7.65. The summed E-state index contributed by atoms with van der Waals surface area (Å²) in [5.74, 6) is 0.812. The van der Waals surface area contributed by atoms with Crippen LogP contribution in [0.2, 0.25) is 0 Å². The highest BCUT2D eigenvalue weighted by atomic mass is 19.4. The van der Waals surface area contributed by atoms with E-state index >= 15 is 0 Å². The van der Waals surface area contributed by atoms with E-state index in [-0.39, 0.29) is 28.7 Å². The minimum Gasteiger partial charge on any atom is -0.279 e. The fourth-order valence-electron chi connectivity index (χ4n) is 4.03. The summed E-state index contributed by atoms with van der Waals surface area (Å²) in [4.78, 5) is 10.7. The summed E-state index contributed by atoms with van der Waals surface area (Å²) in [5, 5.41) is 7.21. The van der Waals surface area contributed by atoms with Crippen molar-refractivity contribution in [2.24, 2.45) is 0 Å². The summed E-state index contributed by atoms with van der Waals surface area (Å²) in [6, 6.07) is 18.7. The van der Waals surface area contributed by atoms with Gasteiger partial charge < -0.3 is 0 Å². The maximum Gasteiger partial charge on any atom is 0.435 e. The average molecular weight is 572 g/mol. The highest BCUT2D eigenvalue weighted by Gasteiger charge is 2.34. The van der Waals surface area contributed by atoms with Crippen LogP contribution in [0.15, 0.2) is 85.2 Å². The van der Waals surface area contributed by atoms with Gasteiger partial charge in [0, 0.05) is 18.1 Å². The van der Waals surface area contributed by atoms with Crippen molar-refractivity contribution in [1.82, 2.24) is 29.5 Å². The molecule has 0 aliphatic rings. The Kier molecular flexibility index (Phi) is 6.84. The predicted molar refractivity (Wildman–Crippen MR) is 140 cm³/mol. The van der Waals surface area contributed by atoms with Gasteiger partial charge in [-0.2, -0.15) is 36.5 Å². The molecular formula is C28H23F6N7. The minimum atomic E-state index is -4.62. The maximum absolute atomic E-state index is 13.1. The zero-order valence-corrected chi connectivity index (χ0v) is 22.0. The lowest BCUT2D eigenvalue weighted by molar-refractivity contribution is -0.142. The molecule has 7 nitrogen and oxygen atoms in total. The number of anilines is 3. The van der Waals surface area contributed by atoms with Gasteiger partial charge in [-0.15, -0.1) is 0 Å². The molecule has 0 spiro atoms. The monoisotopic (exact) mass is 571 g/mol. The molecule has 0 bridgehead atoms. The molecule has 0 unspecified atom stereocenters. The van der Waals surface area contributed by atoms with E-state index in [4.69, 9.17) is 0 Å². The molecule has 0 aliphatic carbocycles. The zero-order chi connectivity index (χ0) is 29.6. The van der Waals surface area contributed by atoms with Gasteiger partial charge in [-0.05, 0) is 59.5 Å². The number of hydrogen-bond acceptors (Lipinski definition) is 5. The molecule has 0 saturated heterocycles. The van der Waals surface area contributed by atoms with E-state index in [0.717, 1.165) is 39.5 Å². The van der Waals surface area contributed by atoms with Crippen LogP contribution in [-0.4, -0.2) is 29.5 Å². The lowest BCUT2D eigenvalue weighted by Gasteiger charge is -2.25. The van der Waals surface area contributed by atoms with E-state index in [1.165, 1.54) is 12.1 Å². The van der Waals surface area contributed by atoms with Crippen molar-refractivity contribution >= 4 is 17.3 Å². The van der Waals surface area contributed by atoms with Crippen LogP contribution < -0.4 is 4.90 Å². The van der Waals surface area contributed by atoms with Gasteiger partial charge in [0.25, 0.3) is 0 Å². The van der Waals surface area contributed by atoms with Gasteiger partial charge in [-0.1, -0.05) is 45.0 Å². The molecule has 0 N–H and O–H groups in total. The largest absolute Gasteiger partial charge is 0.435 e. The van der Waals surface area contributed by atoms with Crippen LogP contribution in [-0.2, 0) is 17.8 Å². The van der Waals surface area contributed by atoms with Crippen molar-refractivity contribution in [2.75, 3.05) is 4.90 Å². The van der Waals surface area contributed by atoms with E-state index in [0.29, 0.717) is 5.69 Å². The van der Waals surface area contributed by atoms with Gasteiger partial charge >= 0.3 is 12.4 Å². The standard InChI is InChI=1S/C28H23F6N7/c1-26(2,3)18-10-12-19(13-11-18)41(24-8-4-6-22(35-24)39-16-14-20(37-39)27(29,30)31)25-9-5-7-23(36-25)40-17-15-21(38-40)28(32,33)34/h4-17H,1-3H3. The Morgan fingerprint density at radius 1 is 0.585 bits per heavy atom. The number of benzene rings is 1. The number of rotatable bonds is 5. The minimum absolute atomic E-state index is 0.118. The summed E-state index contributed by atoms with van der Waals surface area (Å²) in [6.45, 7) is 6.19. The van der Waals surface area contributed by atoms with Crippen molar-refractivity contribution in [1.29, 1.82) is 0 Å². The van der Waals surface area contributed by atoms with Crippen molar-refractivity contribution in [2.45, 2.75) is 38.5 Å². The first kappa shape index (κ1) is 27.9. The van der Waals surface area contributed by atoms with Crippen LogP contribution in [0.5, 0.6) is 0 Å². The SMILES string of the molecule is CC(C)(C)c1ccc(N(c2cccc(-n3ccc(C(F)(F)F)n3)n2)c2cccc(-n3ccc(C(F)(F)F)n3)n2)cc1. The van der Waals surface area contributed by atoms with Gasteiger partial charge in [-0.3, -0.25) is 4.90 Å².